The van der Waals surface area contributed by atoms with Gasteiger partial charge >= 0.3 is 0 Å². The lowest BCUT2D eigenvalue weighted by Crippen LogP contribution is -2.34. The van der Waals surface area contributed by atoms with Gasteiger partial charge in [0.25, 0.3) is 0 Å². The Balaban J connectivity index is 1.65. The molecule has 1 aromatic heterocycles. The SMILES string of the molecule is NS(=O)(=O)c1ccc(CCNC(=O)C(c2ccccc2)n2cccc2)cc1. The molecule has 0 aliphatic carbocycles. The highest BCUT2D eigenvalue weighted by molar-refractivity contribution is 7.89. The van der Waals surface area contributed by atoms with Crippen molar-refractivity contribution in [1.29, 1.82) is 0 Å². The van der Waals surface area contributed by atoms with Crippen LogP contribution in [0.25, 0.3) is 0 Å². The van der Waals surface area contributed by atoms with E-state index in [1.165, 1.54) is 12.1 Å². The van der Waals surface area contributed by atoms with Gasteiger partial charge in [-0.15, -0.1) is 0 Å². The minimum Gasteiger partial charge on any atom is -0.354 e. The Hall–Kier alpha value is -2.90. The lowest BCUT2D eigenvalue weighted by atomic mass is 10.1. The number of amides is 1. The largest absolute Gasteiger partial charge is 0.354 e. The molecule has 0 saturated heterocycles. The molecule has 2 aromatic carbocycles. The maximum Gasteiger partial charge on any atom is 0.247 e. The minimum absolute atomic E-state index is 0.0760. The summed E-state index contributed by atoms with van der Waals surface area (Å²) in [6.45, 7) is 0.443. The summed E-state index contributed by atoms with van der Waals surface area (Å²) in [6.07, 6.45) is 4.32. The number of aromatic nitrogens is 1. The van der Waals surface area contributed by atoms with Crippen LogP contribution in [0.4, 0.5) is 0 Å². The van der Waals surface area contributed by atoms with Gasteiger partial charge in [0.1, 0.15) is 6.04 Å². The number of benzene rings is 2. The fraction of sp³-hybridized carbons (Fsp3) is 0.150. The molecule has 7 heteroatoms. The number of primary sulfonamides is 1. The van der Waals surface area contributed by atoms with Crippen LogP contribution in [0.5, 0.6) is 0 Å². The van der Waals surface area contributed by atoms with Crippen LogP contribution in [0, 0.1) is 0 Å². The van der Waals surface area contributed by atoms with Crippen molar-refractivity contribution in [3.05, 3.63) is 90.3 Å². The van der Waals surface area contributed by atoms with E-state index in [2.05, 4.69) is 5.32 Å². The first kappa shape index (κ1) is 18.9. The van der Waals surface area contributed by atoms with Crippen LogP contribution in [0.15, 0.2) is 84.0 Å². The maximum atomic E-state index is 12.8. The number of nitrogens with two attached hydrogens (primary N) is 1. The Morgan fingerprint density at radius 2 is 1.59 bits per heavy atom. The van der Waals surface area contributed by atoms with Gasteiger partial charge in [0.05, 0.1) is 4.90 Å². The molecule has 3 aromatic rings. The van der Waals surface area contributed by atoms with Gasteiger partial charge in [-0.3, -0.25) is 4.79 Å². The van der Waals surface area contributed by atoms with E-state index in [1.807, 2.05) is 59.4 Å². The molecule has 0 aliphatic heterocycles. The third-order valence-corrected chi connectivity index (χ3v) is 5.18. The monoisotopic (exact) mass is 383 g/mol. The van der Waals surface area contributed by atoms with E-state index in [0.29, 0.717) is 13.0 Å². The third-order valence-electron chi connectivity index (χ3n) is 4.25. The first-order chi connectivity index (χ1) is 12.9. The summed E-state index contributed by atoms with van der Waals surface area (Å²) in [7, 11) is -3.69. The van der Waals surface area contributed by atoms with Crippen LogP contribution in [-0.2, 0) is 21.2 Å². The van der Waals surface area contributed by atoms with Gasteiger partial charge in [-0.05, 0) is 41.8 Å². The third kappa shape index (κ3) is 4.84. The molecule has 0 fully saturated rings. The predicted molar refractivity (Wildman–Crippen MR) is 104 cm³/mol. The molecular weight excluding hydrogens is 362 g/mol. The number of nitrogens with zero attached hydrogens (tertiary/aromatic N) is 1. The number of rotatable bonds is 7. The van der Waals surface area contributed by atoms with Crippen molar-refractivity contribution in [2.45, 2.75) is 17.4 Å². The number of carbonyl (C=O) groups excluding carboxylic acids is 1. The molecule has 0 radical (unpaired) electrons. The van der Waals surface area contributed by atoms with Crippen molar-refractivity contribution in [2.24, 2.45) is 5.14 Å². The Morgan fingerprint density at radius 3 is 2.19 bits per heavy atom. The van der Waals surface area contributed by atoms with Crippen molar-refractivity contribution in [1.82, 2.24) is 9.88 Å². The first-order valence-electron chi connectivity index (χ1n) is 8.52. The van der Waals surface area contributed by atoms with Gasteiger partial charge in [0.2, 0.25) is 15.9 Å². The highest BCUT2D eigenvalue weighted by Gasteiger charge is 2.21. The topological polar surface area (TPSA) is 94.2 Å². The van der Waals surface area contributed by atoms with E-state index in [-0.39, 0.29) is 10.8 Å². The Morgan fingerprint density at radius 1 is 0.963 bits per heavy atom. The number of carbonyl (C=O) groups is 1. The molecule has 1 amide bonds. The van der Waals surface area contributed by atoms with Gasteiger partial charge in [-0.2, -0.15) is 0 Å². The standard InChI is InChI=1S/C20H21N3O3S/c21-27(25,26)18-10-8-16(9-11-18)12-13-22-20(24)19(23-14-4-5-15-23)17-6-2-1-3-7-17/h1-11,14-15,19H,12-13H2,(H,22,24)(H2,21,25,26). The zero-order valence-electron chi connectivity index (χ0n) is 14.7. The van der Waals surface area contributed by atoms with Crippen molar-refractivity contribution in [3.8, 4) is 0 Å². The highest BCUT2D eigenvalue weighted by atomic mass is 32.2. The predicted octanol–water partition coefficient (Wildman–Crippen LogP) is 2.08. The number of sulfonamides is 1. The summed E-state index contributed by atoms with van der Waals surface area (Å²) in [6, 6.07) is 19.3. The quantitative estimate of drug-likeness (QED) is 0.654. The van der Waals surface area contributed by atoms with E-state index in [4.69, 9.17) is 5.14 Å². The minimum atomic E-state index is -3.69. The van der Waals surface area contributed by atoms with Crippen LogP contribution < -0.4 is 10.5 Å². The molecule has 0 aliphatic rings. The van der Waals surface area contributed by atoms with E-state index in [1.54, 1.807) is 12.1 Å². The Labute approximate surface area is 158 Å². The Kier molecular flexibility index (Phi) is 5.73. The normalized spacial score (nSPS) is 12.5. The van der Waals surface area contributed by atoms with Crippen LogP contribution >= 0.6 is 0 Å². The molecule has 0 spiro atoms. The van der Waals surface area contributed by atoms with E-state index in [0.717, 1.165) is 11.1 Å². The average Bonchev–Trinajstić information content (AvgIpc) is 3.17. The van der Waals surface area contributed by atoms with Gasteiger partial charge in [-0.25, -0.2) is 13.6 Å². The fourth-order valence-electron chi connectivity index (χ4n) is 2.89. The molecule has 0 saturated carbocycles. The van der Waals surface area contributed by atoms with E-state index in [9.17, 15) is 13.2 Å². The van der Waals surface area contributed by atoms with Crippen LogP contribution in [-0.4, -0.2) is 25.4 Å². The highest BCUT2D eigenvalue weighted by Crippen LogP contribution is 2.18. The molecular formula is C20H21N3O3S. The number of nitrogens with one attached hydrogen (secondary N) is 1. The van der Waals surface area contributed by atoms with E-state index >= 15 is 0 Å². The lowest BCUT2D eigenvalue weighted by molar-refractivity contribution is -0.123. The molecule has 0 bridgehead atoms. The molecule has 27 heavy (non-hydrogen) atoms. The summed E-state index contributed by atoms with van der Waals surface area (Å²) in [5.41, 5.74) is 1.82. The molecule has 1 unspecified atom stereocenters. The summed E-state index contributed by atoms with van der Waals surface area (Å²) in [5.74, 6) is -0.0986. The number of hydrogen-bond acceptors (Lipinski definition) is 3. The average molecular weight is 383 g/mol. The van der Waals surface area contributed by atoms with Gasteiger partial charge in [-0.1, -0.05) is 42.5 Å². The summed E-state index contributed by atoms with van der Waals surface area (Å²) in [5, 5.41) is 8.05. The van der Waals surface area contributed by atoms with Crippen LogP contribution in [0.3, 0.4) is 0 Å². The molecule has 1 atom stereocenters. The summed E-state index contributed by atoms with van der Waals surface area (Å²) in [4.78, 5) is 12.9. The molecule has 1 heterocycles. The van der Waals surface area contributed by atoms with Gasteiger partial charge < -0.3 is 9.88 Å². The second kappa shape index (κ2) is 8.20. The zero-order valence-corrected chi connectivity index (χ0v) is 15.5. The molecule has 3 rings (SSSR count). The van der Waals surface area contributed by atoms with Crippen LogP contribution in [0.2, 0.25) is 0 Å². The second-order valence-electron chi connectivity index (χ2n) is 6.17. The van der Waals surface area contributed by atoms with Crippen molar-refractivity contribution < 1.29 is 13.2 Å². The van der Waals surface area contributed by atoms with Crippen molar-refractivity contribution in [3.63, 3.8) is 0 Å². The lowest BCUT2D eigenvalue weighted by Gasteiger charge is -2.19. The van der Waals surface area contributed by atoms with Crippen molar-refractivity contribution >= 4 is 15.9 Å². The second-order valence-corrected chi connectivity index (χ2v) is 7.73. The smallest absolute Gasteiger partial charge is 0.247 e. The van der Waals surface area contributed by atoms with Crippen molar-refractivity contribution in [2.75, 3.05) is 6.54 Å². The number of hydrogen-bond donors (Lipinski definition) is 2. The molecule has 140 valence electrons. The van der Waals surface area contributed by atoms with Gasteiger partial charge in [0, 0.05) is 18.9 Å². The van der Waals surface area contributed by atoms with Crippen LogP contribution in [0.1, 0.15) is 17.2 Å². The zero-order chi connectivity index (χ0) is 19.3. The molecule has 3 N–H and O–H groups in total. The fourth-order valence-corrected chi connectivity index (χ4v) is 3.40. The van der Waals surface area contributed by atoms with Gasteiger partial charge in [0.15, 0.2) is 0 Å². The molecule has 6 nitrogen and oxygen atoms in total. The maximum absolute atomic E-state index is 12.8. The summed E-state index contributed by atoms with van der Waals surface area (Å²) >= 11 is 0. The first-order valence-corrected chi connectivity index (χ1v) is 10.1. The summed E-state index contributed by atoms with van der Waals surface area (Å²) < 4.78 is 24.4. The van der Waals surface area contributed by atoms with E-state index < -0.39 is 16.1 Å². The Bertz CT molecular complexity index is 983.